The van der Waals surface area contributed by atoms with Crippen LogP contribution in [0, 0.1) is 0 Å². The molecule has 3 heteroatoms. The fourth-order valence-corrected chi connectivity index (χ4v) is 3.23. The molecular weight excluding hydrogens is 346 g/mol. The van der Waals surface area contributed by atoms with E-state index in [0.717, 1.165) is 27.5 Å². The molecule has 0 N–H and O–H groups in total. The van der Waals surface area contributed by atoms with Crippen LogP contribution in [0.15, 0.2) is 73.3 Å². The van der Waals surface area contributed by atoms with Crippen LogP contribution < -0.4 is 0 Å². The molecule has 0 aliphatic rings. The van der Waals surface area contributed by atoms with E-state index in [1.54, 1.807) is 4.90 Å². The third-order valence-electron chi connectivity index (χ3n) is 4.51. The van der Waals surface area contributed by atoms with Gasteiger partial charge in [0, 0.05) is 6.54 Å². The zero-order valence-electron chi connectivity index (χ0n) is 16.8. The lowest BCUT2D eigenvalue weighted by atomic mass is 9.98. The predicted octanol–water partition coefficient (Wildman–Crippen LogP) is 6.42. The Morgan fingerprint density at radius 1 is 0.964 bits per heavy atom. The van der Waals surface area contributed by atoms with Crippen LogP contribution in [0.2, 0.25) is 0 Å². The van der Waals surface area contributed by atoms with Crippen LogP contribution in [0.25, 0.3) is 16.8 Å². The maximum absolute atomic E-state index is 13.0. The molecule has 0 aliphatic carbocycles. The quantitative estimate of drug-likeness (QED) is 0.516. The van der Waals surface area contributed by atoms with Crippen molar-refractivity contribution in [2.45, 2.75) is 39.5 Å². The molecule has 144 valence electrons. The molecule has 0 spiro atoms. The number of hydrogen-bond donors (Lipinski definition) is 0. The molecular formula is C25H27NO2. The highest BCUT2D eigenvalue weighted by molar-refractivity contribution is 5.89. The van der Waals surface area contributed by atoms with E-state index in [1.165, 1.54) is 0 Å². The van der Waals surface area contributed by atoms with Crippen molar-refractivity contribution in [1.29, 1.82) is 0 Å². The molecule has 0 heterocycles. The number of ether oxygens (including phenoxy) is 1. The van der Waals surface area contributed by atoms with Crippen molar-refractivity contribution >= 4 is 22.9 Å². The van der Waals surface area contributed by atoms with Gasteiger partial charge in [0.25, 0.3) is 0 Å². The molecule has 0 aliphatic heterocycles. The summed E-state index contributed by atoms with van der Waals surface area (Å²) in [4.78, 5) is 14.7. The Hall–Kier alpha value is -3.07. The molecule has 0 bridgehead atoms. The minimum absolute atomic E-state index is 0.320. The SMILES string of the molecule is C=Cc1ccc2ccccc2c1CN(Cc1ccccc1)C(=O)OC(C)(C)C. The molecule has 0 radical (unpaired) electrons. The molecule has 3 rings (SSSR count). The molecule has 3 nitrogen and oxygen atoms in total. The van der Waals surface area contributed by atoms with Crippen molar-refractivity contribution in [3.8, 4) is 0 Å². The average molecular weight is 373 g/mol. The largest absolute Gasteiger partial charge is 0.444 e. The summed E-state index contributed by atoms with van der Waals surface area (Å²) in [7, 11) is 0. The number of carbonyl (C=O) groups is 1. The number of fused-ring (bicyclic) bond motifs is 1. The second kappa shape index (κ2) is 8.30. The Morgan fingerprint density at radius 3 is 2.32 bits per heavy atom. The van der Waals surface area contributed by atoms with E-state index in [-0.39, 0.29) is 6.09 Å². The molecule has 0 unspecified atom stereocenters. The van der Waals surface area contributed by atoms with Crippen LogP contribution in [-0.4, -0.2) is 16.6 Å². The highest BCUT2D eigenvalue weighted by atomic mass is 16.6. The Kier molecular flexibility index (Phi) is 5.84. The van der Waals surface area contributed by atoms with Gasteiger partial charge in [0.2, 0.25) is 0 Å². The fraction of sp³-hybridized carbons (Fsp3) is 0.240. The lowest BCUT2D eigenvalue weighted by molar-refractivity contribution is 0.0217. The Labute approximate surface area is 167 Å². The average Bonchev–Trinajstić information content (AvgIpc) is 2.67. The number of hydrogen-bond acceptors (Lipinski definition) is 2. The number of amides is 1. The van der Waals surface area contributed by atoms with Gasteiger partial charge in [-0.3, -0.25) is 4.90 Å². The molecule has 3 aromatic carbocycles. The number of rotatable bonds is 5. The van der Waals surface area contributed by atoms with Crippen molar-refractivity contribution in [3.63, 3.8) is 0 Å². The van der Waals surface area contributed by atoms with Crippen molar-refractivity contribution in [2.75, 3.05) is 0 Å². The Bertz CT molecular complexity index is 971. The van der Waals surface area contributed by atoms with Crippen molar-refractivity contribution in [3.05, 3.63) is 90.0 Å². The van der Waals surface area contributed by atoms with Crippen molar-refractivity contribution < 1.29 is 9.53 Å². The van der Waals surface area contributed by atoms with Gasteiger partial charge in [0.15, 0.2) is 0 Å². The van der Waals surface area contributed by atoms with Gasteiger partial charge in [-0.05, 0) is 48.2 Å². The lowest BCUT2D eigenvalue weighted by Gasteiger charge is -2.28. The normalized spacial score (nSPS) is 11.2. The first-order chi connectivity index (χ1) is 13.4. The van der Waals surface area contributed by atoms with Gasteiger partial charge >= 0.3 is 6.09 Å². The minimum Gasteiger partial charge on any atom is -0.444 e. The van der Waals surface area contributed by atoms with E-state index in [4.69, 9.17) is 4.74 Å². The first-order valence-electron chi connectivity index (χ1n) is 9.52. The van der Waals surface area contributed by atoms with Crippen molar-refractivity contribution in [2.24, 2.45) is 0 Å². The summed E-state index contributed by atoms with van der Waals surface area (Å²) in [5.41, 5.74) is 2.62. The molecule has 0 aromatic heterocycles. The Balaban J connectivity index is 2.00. The van der Waals surface area contributed by atoms with E-state index < -0.39 is 5.60 Å². The van der Waals surface area contributed by atoms with Crippen LogP contribution in [-0.2, 0) is 17.8 Å². The summed E-state index contributed by atoms with van der Waals surface area (Å²) in [6.07, 6.45) is 1.52. The lowest BCUT2D eigenvalue weighted by Crippen LogP contribution is -2.36. The first kappa shape index (κ1) is 19.7. The van der Waals surface area contributed by atoms with Crippen LogP contribution in [0.3, 0.4) is 0 Å². The van der Waals surface area contributed by atoms with Crippen LogP contribution >= 0.6 is 0 Å². The number of benzene rings is 3. The topological polar surface area (TPSA) is 29.5 Å². The molecule has 0 saturated heterocycles. The van der Waals surface area contributed by atoms with E-state index in [9.17, 15) is 4.79 Å². The summed E-state index contributed by atoms with van der Waals surface area (Å²) in [6.45, 7) is 10.6. The number of nitrogens with zero attached hydrogens (tertiary/aromatic N) is 1. The number of carbonyl (C=O) groups excluding carboxylic acids is 1. The molecule has 0 saturated carbocycles. The zero-order valence-corrected chi connectivity index (χ0v) is 16.8. The fourth-order valence-electron chi connectivity index (χ4n) is 3.23. The third kappa shape index (κ3) is 4.80. The molecule has 1 amide bonds. The summed E-state index contributed by atoms with van der Waals surface area (Å²) < 4.78 is 5.69. The van der Waals surface area contributed by atoms with Crippen LogP contribution in [0.4, 0.5) is 4.79 Å². The van der Waals surface area contributed by atoms with E-state index >= 15 is 0 Å². The smallest absolute Gasteiger partial charge is 0.410 e. The second-order valence-electron chi connectivity index (χ2n) is 7.88. The van der Waals surface area contributed by atoms with Gasteiger partial charge in [-0.15, -0.1) is 0 Å². The molecule has 28 heavy (non-hydrogen) atoms. The van der Waals surface area contributed by atoms with E-state index in [1.807, 2.05) is 69.3 Å². The highest BCUT2D eigenvalue weighted by Crippen LogP contribution is 2.26. The zero-order chi connectivity index (χ0) is 20.1. The Morgan fingerprint density at radius 2 is 1.64 bits per heavy atom. The van der Waals surface area contributed by atoms with Gasteiger partial charge < -0.3 is 4.74 Å². The van der Waals surface area contributed by atoms with Crippen molar-refractivity contribution in [1.82, 2.24) is 4.90 Å². The van der Waals surface area contributed by atoms with Crippen LogP contribution in [0.1, 0.15) is 37.5 Å². The minimum atomic E-state index is -0.550. The molecule has 0 atom stereocenters. The van der Waals surface area contributed by atoms with Gasteiger partial charge in [-0.1, -0.05) is 79.4 Å². The maximum Gasteiger partial charge on any atom is 0.410 e. The summed E-state index contributed by atoms with van der Waals surface area (Å²) in [6, 6.07) is 22.3. The summed E-state index contributed by atoms with van der Waals surface area (Å²) >= 11 is 0. The summed E-state index contributed by atoms with van der Waals surface area (Å²) in [5, 5.41) is 2.27. The van der Waals surface area contributed by atoms with Crippen LogP contribution in [0.5, 0.6) is 0 Å². The third-order valence-corrected chi connectivity index (χ3v) is 4.51. The molecule has 3 aromatic rings. The maximum atomic E-state index is 13.0. The second-order valence-corrected chi connectivity index (χ2v) is 7.88. The highest BCUT2D eigenvalue weighted by Gasteiger charge is 2.23. The monoisotopic (exact) mass is 373 g/mol. The van der Waals surface area contributed by atoms with E-state index in [2.05, 4.69) is 30.8 Å². The van der Waals surface area contributed by atoms with Gasteiger partial charge in [-0.25, -0.2) is 4.79 Å². The standard InChI is InChI=1S/C25H27NO2/c1-5-20-15-16-21-13-9-10-14-22(21)23(20)18-26(24(27)28-25(2,3)4)17-19-11-7-6-8-12-19/h5-16H,1,17-18H2,2-4H3. The van der Waals surface area contributed by atoms with Gasteiger partial charge in [0.05, 0.1) is 6.54 Å². The van der Waals surface area contributed by atoms with Gasteiger partial charge in [-0.2, -0.15) is 0 Å². The molecule has 0 fully saturated rings. The first-order valence-corrected chi connectivity index (χ1v) is 9.52. The summed E-state index contributed by atoms with van der Waals surface area (Å²) in [5.74, 6) is 0. The predicted molar refractivity (Wildman–Crippen MR) is 116 cm³/mol. The van der Waals surface area contributed by atoms with E-state index in [0.29, 0.717) is 13.1 Å². The van der Waals surface area contributed by atoms with Gasteiger partial charge in [0.1, 0.15) is 5.60 Å².